The summed E-state index contributed by atoms with van der Waals surface area (Å²) in [4.78, 5) is 29.2. The van der Waals surface area contributed by atoms with E-state index in [9.17, 15) is 4.79 Å². The fourth-order valence-electron chi connectivity index (χ4n) is 2.90. The molecule has 2 aromatic rings. The summed E-state index contributed by atoms with van der Waals surface area (Å²) in [5.74, 6) is 1.52. The Kier molecular flexibility index (Phi) is 5.34. The predicted octanol–water partition coefficient (Wildman–Crippen LogP) is 0.874. The standard InChI is InChI=1S/C16H23N7O2/c1-11(14(24)20-16-17-5-4-6-18-16)22-7-9-23(10-8-22)12(2)15-19-13(3)21-25-15/h4-6,11-12H,7-10H2,1-3H3,(H,17,18,20,24)/t11-,12+/m0/s1. The van der Waals surface area contributed by atoms with Crippen LogP contribution < -0.4 is 5.32 Å². The van der Waals surface area contributed by atoms with Crippen molar-refractivity contribution in [1.29, 1.82) is 0 Å². The molecule has 0 saturated carbocycles. The third-order valence-corrected chi connectivity index (χ3v) is 4.53. The summed E-state index contributed by atoms with van der Waals surface area (Å²) in [6.45, 7) is 9.03. The second-order valence-corrected chi connectivity index (χ2v) is 6.17. The van der Waals surface area contributed by atoms with Gasteiger partial charge in [0.15, 0.2) is 5.82 Å². The Morgan fingerprint density at radius 2 is 1.80 bits per heavy atom. The zero-order chi connectivity index (χ0) is 17.8. The molecule has 0 unspecified atom stereocenters. The van der Waals surface area contributed by atoms with E-state index in [0.717, 1.165) is 26.2 Å². The zero-order valence-corrected chi connectivity index (χ0v) is 14.7. The monoisotopic (exact) mass is 345 g/mol. The molecule has 0 bridgehead atoms. The van der Waals surface area contributed by atoms with Gasteiger partial charge in [-0.25, -0.2) is 9.97 Å². The number of nitrogens with one attached hydrogen (secondary N) is 1. The maximum Gasteiger partial charge on any atom is 0.243 e. The summed E-state index contributed by atoms with van der Waals surface area (Å²) < 4.78 is 5.26. The number of carbonyl (C=O) groups excluding carboxylic acids is 1. The summed E-state index contributed by atoms with van der Waals surface area (Å²) in [6.07, 6.45) is 3.21. The first-order valence-electron chi connectivity index (χ1n) is 8.41. The van der Waals surface area contributed by atoms with E-state index in [4.69, 9.17) is 4.52 Å². The number of piperazine rings is 1. The van der Waals surface area contributed by atoms with Gasteiger partial charge in [0.05, 0.1) is 12.1 Å². The molecule has 0 aromatic carbocycles. The lowest BCUT2D eigenvalue weighted by Crippen LogP contribution is -2.53. The molecule has 0 spiro atoms. The number of aryl methyl sites for hydroxylation is 1. The van der Waals surface area contributed by atoms with Gasteiger partial charge in [-0.2, -0.15) is 4.98 Å². The molecule has 2 atom stereocenters. The molecule has 3 rings (SSSR count). The second kappa shape index (κ2) is 7.66. The third-order valence-electron chi connectivity index (χ3n) is 4.53. The van der Waals surface area contributed by atoms with Gasteiger partial charge in [-0.05, 0) is 26.8 Å². The number of hydrogen-bond donors (Lipinski definition) is 1. The van der Waals surface area contributed by atoms with Gasteiger partial charge in [-0.3, -0.25) is 19.9 Å². The largest absolute Gasteiger partial charge is 0.338 e. The van der Waals surface area contributed by atoms with Crippen LogP contribution >= 0.6 is 0 Å². The molecular formula is C16H23N7O2. The molecule has 9 nitrogen and oxygen atoms in total. The van der Waals surface area contributed by atoms with Crippen LogP contribution in [0.4, 0.5) is 5.95 Å². The smallest absolute Gasteiger partial charge is 0.243 e. The van der Waals surface area contributed by atoms with Crippen LogP contribution in [0.3, 0.4) is 0 Å². The molecule has 1 amide bonds. The Bertz CT molecular complexity index is 698. The maximum atomic E-state index is 12.4. The molecule has 0 radical (unpaired) electrons. The highest BCUT2D eigenvalue weighted by atomic mass is 16.5. The molecule has 25 heavy (non-hydrogen) atoms. The lowest BCUT2D eigenvalue weighted by molar-refractivity contribution is -0.121. The van der Waals surface area contributed by atoms with Crippen molar-refractivity contribution in [2.24, 2.45) is 0 Å². The van der Waals surface area contributed by atoms with Gasteiger partial charge in [-0.15, -0.1) is 0 Å². The lowest BCUT2D eigenvalue weighted by atomic mass is 10.2. The van der Waals surface area contributed by atoms with Crippen LogP contribution in [-0.2, 0) is 4.79 Å². The maximum absolute atomic E-state index is 12.4. The molecule has 9 heteroatoms. The van der Waals surface area contributed by atoms with Crippen molar-refractivity contribution in [3.8, 4) is 0 Å². The average Bonchev–Trinajstić information content (AvgIpc) is 3.08. The quantitative estimate of drug-likeness (QED) is 0.852. The van der Waals surface area contributed by atoms with Gasteiger partial charge in [0, 0.05) is 38.6 Å². The minimum atomic E-state index is -0.244. The van der Waals surface area contributed by atoms with E-state index >= 15 is 0 Å². The molecule has 1 aliphatic rings. The van der Waals surface area contributed by atoms with Crippen LogP contribution in [0.15, 0.2) is 23.0 Å². The average molecular weight is 345 g/mol. The first-order valence-corrected chi connectivity index (χ1v) is 8.41. The number of nitrogens with zero attached hydrogens (tertiary/aromatic N) is 6. The number of anilines is 1. The minimum absolute atomic E-state index is 0.0743. The Balaban J connectivity index is 1.52. The highest BCUT2D eigenvalue weighted by molar-refractivity contribution is 5.93. The summed E-state index contributed by atoms with van der Waals surface area (Å²) >= 11 is 0. The molecule has 3 heterocycles. The number of rotatable bonds is 5. The van der Waals surface area contributed by atoms with Crippen molar-refractivity contribution >= 4 is 11.9 Å². The van der Waals surface area contributed by atoms with Gasteiger partial charge >= 0.3 is 0 Å². The molecule has 1 fully saturated rings. The summed E-state index contributed by atoms with van der Waals surface area (Å²) in [5, 5.41) is 6.60. The fourth-order valence-corrected chi connectivity index (χ4v) is 2.90. The van der Waals surface area contributed by atoms with E-state index in [1.165, 1.54) is 0 Å². The Morgan fingerprint density at radius 3 is 2.40 bits per heavy atom. The van der Waals surface area contributed by atoms with Crippen molar-refractivity contribution in [2.45, 2.75) is 32.9 Å². The van der Waals surface area contributed by atoms with Crippen molar-refractivity contribution in [1.82, 2.24) is 29.9 Å². The topological polar surface area (TPSA) is 100 Å². The van der Waals surface area contributed by atoms with Gasteiger partial charge in [0.1, 0.15) is 0 Å². The molecule has 1 saturated heterocycles. The summed E-state index contributed by atoms with van der Waals surface area (Å²) in [5.41, 5.74) is 0. The molecule has 0 aliphatic carbocycles. The van der Waals surface area contributed by atoms with Gasteiger partial charge < -0.3 is 4.52 Å². The fraction of sp³-hybridized carbons (Fsp3) is 0.562. The van der Waals surface area contributed by atoms with E-state index in [1.807, 2.05) is 13.8 Å². The number of hydrogen-bond acceptors (Lipinski definition) is 8. The number of carbonyl (C=O) groups is 1. The summed E-state index contributed by atoms with van der Waals surface area (Å²) in [7, 11) is 0. The zero-order valence-electron chi connectivity index (χ0n) is 14.7. The van der Waals surface area contributed by atoms with E-state index in [0.29, 0.717) is 17.7 Å². The Labute approximate surface area is 146 Å². The van der Waals surface area contributed by atoms with Gasteiger partial charge in [0.2, 0.25) is 17.7 Å². The number of amides is 1. The molecule has 134 valence electrons. The molecule has 2 aromatic heterocycles. The van der Waals surface area contributed by atoms with E-state index in [1.54, 1.807) is 18.5 Å². The highest BCUT2D eigenvalue weighted by Gasteiger charge is 2.29. The SMILES string of the molecule is Cc1noc([C@@H](C)N2CCN([C@@H](C)C(=O)Nc3ncccn3)CC2)n1. The van der Waals surface area contributed by atoms with Crippen LogP contribution in [0, 0.1) is 6.92 Å². The van der Waals surface area contributed by atoms with Crippen LogP contribution in [0.1, 0.15) is 31.6 Å². The van der Waals surface area contributed by atoms with Crippen LogP contribution in [0.25, 0.3) is 0 Å². The first-order chi connectivity index (χ1) is 12.0. The Hall–Kier alpha value is -2.39. The number of aromatic nitrogens is 4. The molecular weight excluding hydrogens is 322 g/mol. The van der Waals surface area contributed by atoms with Crippen molar-refractivity contribution in [2.75, 3.05) is 31.5 Å². The van der Waals surface area contributed by atoms with E-state index < -0.39 is 0 Å². The second-order valence-electron chi connectivity index (χ2n) is 6.17. The van der Waals surface area contributed by atoms with E-state index in [-0.39, 0.29) is 18.0 Å². The normalized spacial score (nSPS) is 18.7. The van der Waals surface area contributed by atoms with Crippen molar-refractivity contribution < 1.29 is 9.32 Å². The van der Waals surface area contributed by atoms with Crippen molar-refractivity contribution in [3.63, 3.8) is 0 Å². The van der Waals surface area contributed by atoms with Crippen LogP contribution in [-0.4, -0.2) is 68.0 Å². The van der Waals surface area contributed by atoms with Crippen LogP contribution in [0.5, 0.6) is 0 Å². The lowest BCUT2D eigenvalue weighted by Gasteiger charge is -2.38. The minimum Gasteiger partial charge on any atom is -0.338 e. The Morgan fingerprint density at radius 1 is 1.16 bits per heavy atom. The molecule has 1 N–H and O–H groups in total. The van der Waals surface area contributed by atoms with Crippen molar-refractivity contribution in [3.05, 3.63) is 30.2 Å². The van der Waals surface area contributed by atoms with E-state index in [2.05, 4.69) is 42.1 Å². The summed E-state index contributed by atoms with van der Waals surface area (Å²) in [6, 6.07) is 1.54. The predicted molar refractivity (Wildman–Crippen MR) is 90.7 cm³/mol. The highest BCUT2D eigenvalue weighted by Crippen LogP contribution is 2.20. The first kappa shape index (κ1) is 17.4. The van der Waals surface area contributed by atoms with Gasteiger partial charge in [-0.1, -0.05) is 5.16 Å². The van der Waals surface area contributed by atoms with Crippen LogP contribution in [0.2, 0.25) is 0 Å². The van der Waals surface area contributed by atoms with Gasteiger partial charge in [0.25, 0.3) is 0 Å². The molecule has 1 aliphatic heterocycles. The third kappa shape index (κ3) is 4.18.